The summed E-state index contributed by atoms with van der Waals surface area (Å²) < 4.78 is 10.5. The number of nitrogens with one attached hydrogen (secondary N) is 2. The van der Waals surface area contributed by atoms with Crippen LogP contribution in [0.2, 0.25) is 0 Å². The maximum Gasteiger partial charge on any atom is 0.255 e. The van der Waals surface area contributed by atoms with E-state index >= 15 is 0 Å². The Bertz CT molecular complexity index is 1120. The van der Waals surface area contributed by atoms with Crippen LogP contribution >= 0.6 is 11.8 Å². The molecule has 8 heteroatoms. The van der Waals surface area contributed by atoms with Crippen molar-refractivity contribution in [2.24, 2.45) is 0 Å². The van der Waals surface area contributed by atoms with E-state index in [2.05, 4.69) is 22.2 Å². The number of anilines is 1. The van der Waals surface area contributed by atoms with Gasteiger partial charge in [0.05, 0.1) is 26.3 Å². The summed E-state index contributed by atoms with van der Waals surface area (Å²) in [5.41, 5.74) is 2.20. The highest BCUT2D eigenvalue weighted by Gasteiger charge is 2.16. The molecule has 0 radical (unpaired) electrons. The molecule has 0 aliphatic carbocycles. The van der Waals surface area contributed by atoms with Crippen molar-refractivity contribution in [3.8, 4) is 11.5 Å². The van der Waals surface area contributed by atoms with E-state index in [1.54, 1.807) is 32.2 Å². The highest BCUT2D eigenvalue weighted by molar-refractivity contribution is 7.99. The highest BCUT2D eigenvalue weighted by Crippen LogP contribution is 2.32. The van der Waals surface area contributed by atoms with Crippen LogP contribution in [0.3, 0.4) is 0 Å². The van der Waals surface area contributed by atoms with E-state index in [9.17, 15) is 9.59 Å². The lowest BCUT2D eigenvalue weighted by atomic mass is 10.1. The zero-order valence-corrected chi connectivity index (χ0v) is 18.7. The number of aromatic amines is 1. The number of methoxy groups -OCH3 is 2. The third-order valence-corrected chi connectivity index (χ3v) is 5.82. The molecule has 2 N–H and O–H groups in total. The standard InChI is InChI=1S/C23H25N3O4S/c1-14-18(13-21(27)25-19-11-10-17(29-3)12-20(19)30-4)22(28)26-23(24-14)31-15(2)16-8-6-5-7-9-16/h5-12,15H,13H2,1-4H3,(H,25,27)(H,24,26,28). The van der Waals surface area contributed by atoms with Crippen LogP contribution in [0.5, 0.6) is 11.5 Å². The summed E-state index contributed by atoms with van der Waals surface area (Å²) in [7, 11) is 3.06. The Balaban J connectivity index is 1.72. The molecule has 0 fully saturated rings. The normalized spacial score (nSPS) is 11.6. The Hall–Kier alpha value is -3.26. The van der Waals surface area contributed by atoms with E-state index in [0.29, 0.717) is 33.6 Å². The van der Waals surface area contributed by atoms with Crippen molar-refractivity contribution < 1.29 is 14.3 Å². The van der Waals surface area contributed by atoms with Gasteiger partial charge in [0.2, 0.25) is 5.91 Å². The topological polar surface area (TPSA) is 93.3 Å². The molecule has 0 saturated heterocycles. The lowest BCUT2D eigenvalue weighted by Gasteiger charge is -2.13. The number of H-pyrrole nitrogens is 1. The van der Waals surface area contributed by atoms with Gasteiger partial charge in [0.25, 0.3) is 5.56 Å². The molecule has 1 amide bonds. The molecule has 162 valence electrons. The van der Waals surface area contributed by atoms with E-state index < -0.39 is 0 Å². The molecule has 1 heterocycles. The van der Waals surface area contributed by atoms with Gasteiger partial charge in [-0.2, -0.15) is 0 Å². The molecule has 0 spiro atoms. The predicted octanol–water partition coefficient (Wildman–Crippen LogP) is 4.13. The second-order valence-corrected chi connectivity index (χ2v) is 8.23. The molecule has 2 aromatic carbocycles. The fourth-order valence-electron chi connectivity index (χ4n) is 3.06. The van der Waals surface area contributed by atoms with Crippen LogP contribution in [0.4, 0.5) is 5.69 Å². The number of aromatic nitrogens is 2. The zero-order valence-electron chi connectivity index (χ0n) is 17.9. The summed E-state index contributed by atoms with van der Waals surface area (Å²) in [6.07, 6.45) is -0.0947. The van der Waals surface area contributed by atoms with Gasteiger partial charge in [0, 0.05) is 22.6 Å². The SMILES string of the molecule is COc1ccc(NC(=O)Cc2c(C)nc(SC(C)c3ccccc3)[nH]c2=O)c(OC)c1. The number of aryl methyl sites for hydroxylation is 1. The van der Waals surface area contributed by atoms with Crippen LogP contribution in [0.25, 0.3) is 0 Å². The Morgan fingerprint density at radius 2 is 1.90 bits per heavy atom. The van der Waals surface area contributed by atoms with Gasteiger partial charge < -0.3 is 19.8 Å². The van der Waals surface area contributed by atoms with Crippen molar-refractivity contribution in [1.29, 1.82) is 0 Å². The summed E-state index contributed by atoms with van der Waals surface area (Å²) in [6, 6.07) is 15.1. The van der Waals surface area contributed by atoms with Crippen molar-refractivity contribution in [2.75, 3.05) is 19.5 Å². The first kappa shape index (κ1) is 22.4. The number of thioether (sulfide) groups is 1. The maximum atomic E-state index is 12.6. The van der Waals surface area contributed by atoms with Gasteiger partial charge in [-0.3, -0.25) is 9.59 Å². The van der Waals surface area contributed by atoms with Crippen LogP contribution in [-0.4, -0.2) is 30.1 Å². The van der Waals surface area contributed by atoms with Gasteiger partial charge in [0.15, 0.2) is 5.16 Å². The minimum absolute atomic E-state index is 0.0947. The molecule has 0 aliphatic heterocycles. The zero-order chi connectivity index (χ0) is 22.4. The summed E-state index contributed by atoms with van der Waals surface area (Å²) in [5, 5.41) is 3.43. The summed E-state index contributed by atoms with van der Waals surface area (Å²) in [6.45, 7) is 3.79. The lowest BCUT2D eigenvalue weighted by Crippen LogP contribution is -2.24. The Kier molecular flexibility index (Phi) is 7.36. The van der Waals surface area contributed by atoms with Gasteiger partial charge in [-0.15, -0.1) is 0 Å². The minimum Gasteiger partial charge on any atom is -0.497 e. The van der Waals surface area contributed by atoms with E-state index in [1.807, 2.05) is 30.3 Å². The molecule has 3 aromatic rings. The van der Waals surface area contributed by atoms with Crippen molar-refractivity contribution >= 4 is 23.4 Å². The van der Waals surface area contributed by atoms with Crippen LogP contribution in [0.15, 0.2) is 58.5 Å². The van der Waals surface area contributed by atoms with E-state index in [4.69, 9.17) is 9.47 Å². The molecule has 0 saturated carbocycles. The maximum absolute atomic E-state index is 12.6. The molecule has 3 rings (SSSR count). The van der Waals surface area contributed by atoms with Crippen molar-refractivity contribution in [2.45, 2.75) is 30.7 Å². The van der Waals surface area contributed by atoms with E-state index in [1.165, 1.54) is 18.9 Å². The Morgan fingerprint density at radius 1 is 1.16 bits per heavy atom. The average molecular weight is 440 g/mol. The quantitative estimate of drug-likeness (QED) is 0.405. The van der Waals surface area contributed by atoms with Crippen molar-refractivity contribution in [3.05, 3.63) is 75.7 Å². The van der Waals surface area contributed by atoms with Gasteiger partial charge in [-0.05, 0) is 31.5 Å². The minimum atomic E-state index is -0.336. The van der Waals surface area contributed by atoms with Gasteiger partial charge >= 0.3 is 0 Å². The Morgan fingerprint density at radius 3 is 2.55 bits per heavy atom. The largest absolute Gasteiger partial charge is 0.497 e. The molecule has 0 aliphatic rings. The van der Waals surface area contributed by atoms with E-state index in [-0.39, 0.29) is 23.1 Å². The number of amides is 1. The van der Waals surface area contributed by atoms with Crippen LogP contribution < -0.4 is 20.3 Å². The number of hydrogen-bond donors (Lipinski definition) is 2. The first-order chi connectivity index (χ1) is 14.9. The smallest absolute Gasteiger partial charge is 0.255 e. The Labute approximate surface area is 185 Å². The third-order valence-electron chi connectivity index (χ3n) is 4.78. The molecular weight excluding hydrogens is 414 g/mol. The second kappa shape index (κ2) is 10.2. The summed E-state index contributed by atoms with van der Waals surface area (Å²) >= 11 is 1.47. The fourth-order valence-corrected chi connectivity index (χ4v) is 4.03. The molecule has 0 bridgehead atoms. The van der Waals surface area contributed by atoms with Gasteiger partial charge in [0.1, 0.15) is 11.5 Å². The van der Waals surface area contributed by atoms with Crippen LogP contribution in [0, 0.1) is 6.92 Å². The number of carbonyl (C=O) groups excluding carboxylic acids is 1. The van der Waals surface area contributed by atoms with Crippen molar-refractivity contribution in [1.82, 2.24) is 9.97 Å². The number of benzene rings is 2. The fraction of sp³-hybridized carbons (Fsp3) is 0.261. The van der Waals surface area contributed by atoms with Gasteiger partial charge in [-0.25, -0.2) is 4.98 Å². The third kappa shape index (κ3) is 5.67. The number of nitrogens with zero attached hydrogens (tertiary/aromatic N) is 1. The molecule has 1 unspecified atom stereocenters. The highest BCUT2D eigenvalue weighted by atomic mass is 32.2. The summed E-state index contributed by atoms with van der Waals surface area (Å²) in [4.78, 5) is 32.5. The van der Waals surface area contributed by atoms with Crippen LogP contribution in [-0.2, 0) is 11.2 Å². The monoisotopic (exact) mass is 439 g/mol. The molecule has 1 atom stereocenters. The molecular formula is C23H25N3O4S. The van der Waals surface area contributed by atoms with E-state index in [0.717, 1.165) is 5.56 Å². The number of ether oxygens (including phenoxy) is 2. The molecule has 7 nitrogen and oxygen atoms in total. The lowest BCUT2D eigenvalue weighted by molar-refractivity contribution is -0.115. The first-order valence-electron chi connectivity index (χ1n) is 9.74. The molecule has 1 aromatic heterocycles. The van der Waals surface area contributed by atoms with Crippen LogP contribution in [0.1, 0.15) is 29.0 Å². The predicted molar refractivity (Wildman–Crippen MR) is 122 cm³/mol. The van der Waals surface area contributed by atoms with Gasteiger partial charge in [-0.1, -0.05) is 42.1 Å². The number of carbonyl (C=O) groups is 1. The number of hydrogen-bond acceptors (Lipinski definition) is 6. The summed E-state index contributed by atoms with van der Waals surface area (Å²) in [5.74, 6) is 0.749. The first-order valence-corrected chi connectivity index (χ1v) is 10.6. The van der Waals surface area contributed by atoms with Crippen molar-refractivity contribution in [3.63, 3.8) is 0 Å². The second-order valence-electron chi connectivity index (χ2n) is 6.90. The average Bonchev–Trinajstić information content (AvgIpc) is 2.77. The number of rotatable bonds is 8. The molecule has 31 heavy (non-hydrogen) atoms.